The summed E-state index contributed by atoms with van der Waals surface area (Å²) in [6.07, 6.45) is -0.192. The third-order valence-electron chi connectivity index (χ3n) is 3.49. The van der Waals surface area contributed by atoms with Gasteiger partial charge < -0.3 is 14.6 Å². The van der Waals surface area contributed by atoms with E-state index in [1.54, 1.807) is 25.1 Å². The van der Waals surface area contributed by atoms with Crippen molar-refractivity contribution in [1.82, 2.24) is 0 Å². The molecule has 0 fully saturated rings. The lowest BCUT2D eigenvalue weighted by Gasteiger charge is -2.28. The molecule has 0 aromatic heterocycles. The van der Waals surface area contributed by atoms with E-state index in [2.05, 4.69) is 0 Å². The highest BCUT2D eigenvalue weighted by Crippen LogP contribution is 2.44. The van der Waals surface area contributed by atoms with Crippen molar-refractivity contribution in [2.24, 2.45) is 0 Å². The number of phenols is 1. The van der Waals surface area contributed by atoms with E-state index in [4.69, 9.17) is 9.47 Å². The van der Waals surface area contributed by atoms with Gasteiger partial charge in [-0.3, -0.25) is 4.79 Å². The summed E-state index contributed by atoms with van der Waals surface area (Å²) in [7, 11) is 0. The molecule has 1 atom stereocenters. The second-order valence-corrected chi connectivity index (χ2v) is 4.88. The fourth-order valence-corrected chi connectivity index (χ4v) is 2.59. The maximum absolute atomic E-state index is 11.7. The van der Waals surface area contributed by atoms with Crippen molar-refractivity contribution in [2.75, 3.05) is 6.61 Å². The molecule has 0 bridgehead atoms. The van der Waals surface area contributed by atoms with Gasteiger partial charge in [0.2, 0.25) is 0 Å². The first-order valence-electron chi connectivity index (χ1n) is 6.93. The molecule has 4 heteroatoms. The minimum Gasteiger partial charge on any atom is -0.508 e. The largest absolute Gasteiger partial charge is 0.508 e. The Labute approximate surface area is 122 Å². The molecule has 108 valence electrons. The Morgan fingerprint density at radius 3 is 2.86 bits per heavy atom. The van der Waals surface area contributed by atoms with Crippen molar-refractivity contribution < 1.29 is 19.4 Å². The molecule has 2 aromatic carbocycles. The van der Waals surface area contributed by atoms with Crippen molar-refractivity contribution in [3.8, 4) is 22.6 Å². The highest BCUT2D eigenvalue weighted by atomic mass is 16.5. The maximum atomic E-state index is 11.7. The van der Waals surface area contributed by atoms with Gasteiger partial charge in [-0.2, -0.15) is 0 Å². The van der Waals surface area contributed by atoms with Gasteiger partial charge in [-0.15, -0.1) is 0 Å². The predicted molar refractivity (Wildman–Crippen MR) is 78.2 cm³/mol. The third kappa shape index (κ3) is 2.57. The topological polar surface area (TPSA) is 55.8 Å². The first-order chi connectivity index (χ1) is 10.2. The number of esters is 1. The quantitative estimate of drug-likeness (QED) is 0.877. The predicted octanol–water partition coefficient (Wildman–Crippen LogP) is 3.45. The number of carbonyl (C=O) groups excluding carboxylic acids is 1. The fraction of sp³-hybridized carbons (Fsp3) is 0.235. The standard InChI is InChI=1S/C17H16O4/c1-2-20-17(19)10-16-13-6-4-3-5-12(13)14-9-11(18)7-8-15(14)21-16/h3-9,16,18H,2,10H2,1H3. The number of ether oxygens (including phenoxy) is 2. The summed E-state index contributed by atoms with van der Waals surface area (Å²) in [4.78, 5) is 11.7. The normalized spacial score (nSPS) is 15.6. The van der Waals surface area contributed by atoms with E-state index in [0.717, 1.165) is 16.7 Å². The van der Waals surface area contributed by atoms with Crippen LogP contribution in [0.1, 0.15) is 25.0 Å². The molecule has 0 aliphatic carbocycles. The van der Waals surface area contributed by atoms with Gasteiger partial charge in [0.25, 0.3) is 0 Å². The van der Waals surface area contributed by atoms with Crippen LogP contribution >= 0.6 is 0 Å². The molecule has 1 aliphatic rings. The van der Waals surface area contributed by atoms with Crippen LogP contribution < -0.4 is 4.74 Å². The van der Waals surface area contributed by atoms with Crippen molar-refractivity contribution >= 4 is 5.97 Å². The van der Waals surface area contributed by atoms with E-state index in [1.807, 2.05) is 24.3 Å². The number of hydrogen-bond donors (Lipinski definition) is 1. The van der Waals surface area contributed by atoms with E-state index in [-0.39, 0.29) is 24.2 Å². The number of hydrogen-bond acceptors (Lipinski definition) is 4. The molecule has 21 heavy (non-hydrogen) atoms. The Hall–Kier alpha value is -2.49. The van der Waals surface area contributed by atoms with Crippen LogP contribution in [0, 0.1) is 0 Å². The average Bonchev–Trinajstić information content (AvgIpc) is 2.48. The molecular weight excluding hydrogens is 268 g/mol. The zero-order valence-electron chi connectivity index (χ0n) is 11.7. The molecule has 1 heterocycles. The highest BCUT2D eigenvalue weighted by molar-refractivity contribution is 5.78. The van der Waals surface area contributed by atoms with E-state index in [9.17, 15) is 9.90 Å². The zero-order valence-corrected chi connectivity index (χ0v) is 11.7. The van der Waals surface area contributed by atoms with Crippen LogP contribution in [0.5, 0.6) is 11.5 Å². The molecule has 1 unspecified atom stereocenters. The van der Waals surface area contributed by atoms with Crippen molar-refractivity contribution in [1.29, 1.82) is 0 Å². The SMILES string of the molecule is CCOC(=O)CC1Oc2ccc(O)cc2-c2ccccc21. The summed E-state index contributed by atoms with van der Waals surface area (Å²) in [5.41, 5.74) is 2.75. The lowest BCUT2D eigenvalue weighted by molar-refractivity contribution is -0.145. The van der Waals surface area contributed by atoms with Gasteiger partial charge in [0, 0.05) is 11.1 Å². The summed E-state index contributed by atoms with van der Waals surface area (Å²) in [5, 5.41) is 9.67. The molecule has 0 saturated carbocycles. The van der Waals surface area contributed by atoms with E-state index < -0.39 is 0 Å². The van der Waals surface area contributed by atoms with E-state index >= 15 is 0 Å². The zero-order chi connectivity index (χ0) is 14.8. The first kappa shape index (κ1) is 13.5. The van der Waals surface area contributed by atoms with Crippen LogP contribution in [0.25, 0.3) is 11.1 Å². The molecule has 0 saturated heterocycles. The van der Waals surface area contributed by atoms with Crippen LogP contribution in [-0.4, -0.2) is 17.7 Å². The molecule has 0 amide bonds. The summed E-state index contributed by atoms with van der Waals surface area (Å²) in [5.74, 6) is 0.580. The molecule has 1 N–H and O–H groups in total. The van der Waals surface area contributed by atoms with Crippen LogP contribution in [0.2, 0.25) is 0 Å². The second kappa shape index (κ2) is 5.48. The monoisotopic (exact) mass is 284 g/mol. The van der Waals surface area contributed by atoms with Gasteiger partial charge in [0.05, 0.1) is 13.0 Å². The smallest absolute Gasteiger partial charge is 0.309 e. The van der Waals surface area contributed by atoms with Gasteiger partial charge in [-0.25, -0.2) is 0 Å². The van der Waals surface area contributed by atoms with Gasteiger partial charge in [0.1, 0.15) is 17.6 Å². The van der Waals surface area contributed by atoms with Crippen molar-refractivity contribution in [3.05, 3.63) is 48.0 Å². The number of aromatic hydroxyl groups is 1. The van der Waals surface area contributed by atoms with E-state index in [1.165, 1.54) is 0 Å². The number of rotatable bonds is 3. The van der Waals surface area contributed by atoms with Crippen LogP contribution in [0.15, 0.2) is 42.5 Å². The lowest BCUT2D eigenvalue weighted by atomic mass is 9.91. The Bertz CT molecular complexity index is 678. The minimum absolute atomic E-state index is 0.172. The van der Waals surface area contributed by atoms with Gasteiger partial charge >= 0.3 is 5.97 Å². The first-order valence-corrected chi connectivity index (χ1v) is 6.93. The molecule has 0 spiro atoms. The minimum atomic E-state index is -0.364. The van der Waals surface area contributed by atoms with Crippen molar-refractivity contribution in [2.45, 2.75) is 19.4 Å². The summed E-state index contributed by atoms with van der Waals surface area (Å²) < 4.78 is 10.9. The number of phenolic OH excluding ortho intramolecular Hbond substituents is 1. The Balaban J connectivity index is 2.00. The van der Waals surface area contributed by atoms with Crippen LogP contribution in [0.3, 0.4) is 0 Å². The van der Waals surface area contributed by atoms with Crippen molar-refractivity contribution in [3.63, 3.8) is 0 Å². The van der Waals surface area contributed by atoms with Gasteiger partial charge in [0.15, 0.2) is 0 Å². The number of fused-ring (bicyclic) bond motifs is 3. The van der Waals surface area contributed by atoms with Crippen LogP contribution in [-0.2, 0) is 9.53 Å². The van der Waals surface area contributed by atoms with Gasteiger partial charge in [-0.1, -0.05) is 24.3 Å². The molecule has 4 nitrogen and oxygen atoms in total. The fourth-order valence-electron chi connectivity index (χ4n) is 2.59. The van der Waals surface area contributed by atoms with Gasteiger partial charge in [-0.05, 0) is 30.7 Å². The highest BCUT2D eigenvalue weighted by Gasteiger charge is 2.28. The third-order valence-corrected chi connectivity index (χ3v) is 3.49. The molecule has 0 radical (unpaired) electrons. The second-order valence-electron chi connectivity index (χ2n) is 4.88. The van der Waals surface area contributed by atoms with E-state index in [0.29, 0.717) is 12.4 Å². The number of carbonyl (C=O) groups is 1. The Kier molecular flexibility index (Phi) is 3.52. The lowest BCUT2D eigenvalue weighted by Crippen LogP contribution is -2.19. The summed E-state index contributed by atoms with van der Waals surface area (Å²) in [6.45, 7) is 2.14. The molecular formula is C17H16O4. The average molecular weight is 284 g/mol. The summed E-state index contributed by atoms with van der Waals surface area (Å²) in [6, 6.07) is 12.7. The Morgan fingerprint density at radius 1 is 1.24 bits per heavy atom. The molecule has 1 aliphatic heterocycles. The molecule has 2 aromatic rings. The maximum Gasteiger partial charge on any atom is 0.309 e. The Morgan fingerprint density at radius 2 is 2.05 bits per heavy atom. The number of benzene rings is 2. The summed E-state index contributed by atoms with van der Waals surface area (Å²) >= 11 is 0. The van der Waals surface area contributed by atoms with Crippen LogP contribution in [0.4, 0.5) is 0 Å². The molecule has 3 rings (SSSR count).